The van der Waals surface area contributed by atoms with E-state index >= 15 is 0 Å². The van der Waals surface area contributed by atoms with E-state index in [0.717, 1.165) is 36.2 Å². The van der Waals surface area contributed by atoms with Crippen LogP contribution in [-0.2, 0) is 6.54 Å². The predicted molar refractivity (Wildman–Crippen MR) is 83.2 cm³/mol. The molecular weight excluding hydrogens is 268 g/mol. The Balaban J connectivity index is 1.62. The Morgan fingerprint density at radius 1 is 1.20 bits per heavy atom. The molecule has 1 aliphatic heterocycles. The molecule has 1 aliphatic rings. The van der Waals surface area contributed by atoms with E-state index in [1.54, 1.807) is 11.3 Å². The molecule has 0 radical (unpaired) electrons. The van der Waals surface area contributed by atoms with Crippen LogP contribution in [0.4, 0.5) is 5.69 Å². The maximum atomic E-state index is 4.23. The van der Waals surface area contributed by atoms with Gasteiger partial charge >= 0.3 is 0 Å². The van der Waals surface area contributed by atoms with Gasteiger partial charge in [-0.15, -0.1) is 21.5 Å². The molecule has 106 valence electrons. The molecule has 1 atom stereocenters. The summed E-state index contributed by atoms with van der Waals surface area (Å²) in [5.74, 6) is 0. The molecule has 5 heteroatoms. The Hall–Kier alpha value is -1.46. The molecular formula is C15H20N4S. The second-order valence-corrected chi connectivity index (χ2v) is 6.58. The van der Waals surface area contributed by atoms with Gasteiger partial charge in [0.25, 0.3) is 0 Å². The highest BCUT2D eigenvalue weighted by Crippen LogP contribution is 2.21. The highest BCUT2D eigenvalue weighted by molar-refractivity contribution is 7.11. The fourth-order valence-corrected chi connectivity index (χ4v) is 3.41. The predicted octanol–water partition coefficient (Wildman–Crippen LogP) is 2.56. The smallest absolute Gasteiger partial charge is 0.131 e. The Bertz CT molecular complexity index is 554. The van der Waals surface area contributed by atoms with Gasteiger partial charge in [0.2, 0.25) is 0 Å². The summed E-state index contributed by atoms with van der Waals surface area (Å²) in [5.41, 5.74) is 1.32. The summed E-state index contributed by atoms with van der Waals surface area (Å²) in [7, 11) is 0. The molecule has 0 N–H and O–H groups in total. The maximum Gasteiger partial charge on any atom is 0.131 e. The fourth-order valence-electron chi connectivity index (χ4n) is 2.68. The van der Waals surface area contributed by atoms with Crippen molar-refractivity contribution in [3.8, 4) is 0 Å². The van der Waals surface area contributed by atoms with Crippen molar-refractivity contribution >= 4 is 17.0 Å². The van der Waals surface area contributed by atoms with Gasteiger partial charge in [0.05, 0.1) is 6.54 Å². The molecule has 0 bridgehead atoms. The van der Waals surface area contributed by atoms with Crippen LogP contribution in [0.5, 0.6) is 0 Å². The first kappa shape index (κ1) is 13.5. The Kier molecular flexibility index (Phi) is 3.98. The van der Waals surface area contributed by atoms with Crippen LogP contribution >= 0.6 is 11.3 Å². The van der Waals surface area contributed by atoms with E-state index in [1.807, 2.05) is 6.92 Å². The van der Waals surface area contributed by atoms with E-state index in [2.05, 4.69) is 57.3 Å². The zero-order chi connectivity index (χ0) is 13.9. The van der Waals surface area contributed by atoms with Gasteiger partial charge in [0.1, 0.15) is 10.0 Å². The van der Waals surface area contributed by atoms with Crippen LogP contribution < -0.4 is 4.90 Å². The molecule has 2 heterocycles. The summed E-state index contributed by atoms with van der Waals surface area (Å²) in [6.07, 6.45) is 0. The molecule has 0 saturated carbocycles. The monoisotopic (exact) mass is 288 g/mol. The average Bonchev–Trinajstić information content (AvgIpc) is 2.87. The number of rotatable bonds is 3. The van der Waals surface area contributed by atoms with Gasteiger partial charge in [-0.2, -0.15) is 0 Å². The van der Waals surface area contributed by atoms with Crippen molar-refractivity contribution in [2.24, 2.45) is 0 Å². The molecule has 0 spiro atoms. The zero-order valence-corrected chi connectivity index (χ0v) is 12.8. The Morgan fingerprint density at radius 3 is 2.65 bits per heavy atom. The van der Waals surface area contributed by atoms with E-state index in [-0.39, 0.29) is 0 Å². The molecule has 0 amide bonds. The first-order valence-corrected chi connectivity index (χ1v) is 7.87. The van der Waals surface area contributed by atoms with Gasteiger partial charge < -0.3 is 4.90 Å². The minimum absolute atomic E-state index is 0.535. The van der Waals surface area contributed by atoms with Crippen molar-refractivity contribution in [2.75, 3.05) is 24.5 Å². The summed E-state index contributed by atoms with van der Waals surface area (Å²) in [6.45, 7) is 8.46. The summed E-state index contributed by atoms with van der Waals surface area (Å²) in [5, 5.41) is 10.5. The van der Waals surface area contributed by atoms with Gasteiger partial charge in [-0.05, 0) is 26.0 Å². The van der Waals surface area contributed by atoms with E-state index < -0.39 is 0 Å². The lowest BCUT2D eigenvalue weighted by Gasteiger charge is -2.40. The Labute approximate surface area is 124 Å². The first-order valence-electron chi connectivity index (χ1n) is 7.05. The van der Waals surface area contributed by atoms with Gasteiger partial charge in [-0.3, -0.25) is 4.90 Å². The lowest BCUT2D eigenvalue weighted by Crippen LogP contribution is -2.51. The molecule has 1 aromatic carbocycles. The van der Waals surface area contributed by atoms with Gasteiger partial charge in [0, 0.05) is 31.4 Å². The maximum absolute atomic E-state index is 4.23. The SMILES string of the molecule is Cc1nnc(CN2CCN(c3ccccc3)C[C@H]2C)s1. The van der Waals surface area contributed by atoms with Gasteiger partial charge in [-0.1, -0.05) is 18.2 Å². The summed E-state index contributed by atoms with van der Waals surface area (Å²) >= 11 is 1.70. The fraction of sp³-hybridized carbons (Fsp3) is 0.467. The van der Waals surface area contributed by atoms with Crippen molar-refractivity contribution in [3.63, 3.8) is 0 Å². The zero-order valence-electron chi connectivity index (χ0n) is 12.0. The summed E-state index contributed by atoms with van der Waals surface area (Å²) < 4.78 is 0. The molecule has 4 nitrogen and oxygen atoms in total. The van der Waals surface area contributed by atoms with Crippen LogP contribution in [0, 0.1) is 6.92 Å². The molecule has 3 rings (SSSR count). The molecule has 1 aromatic heterocycles. The number of nitrogens with zero attached hydrogens (tertiary/aromatic N) is 4. The van der Waals surface area contributed by atoms with Crippen LogP contribution in [0.25, 0.3) is 0 Å². The Morgan fingerprint density at radius 2 is 2.00 bits per heavy atom. The number of para-hydroxylation sites is 1. The standard InChI is InChI=1S/C15H20N4S/c1-12-10-19(14-6-4-3-5-7-14)9-8-18(12)11-15-17-16-13(2)20-15/h3-7,12H,8-11H2,1-2H3/t12-/m1/s1. The van der Waals surface area contributed by atoms with E-state index in [9.17, 15) is 0 Å². The van der Waals surface area contributed by atoms with Crippen molar-refractivity contribution in [3.05, 3.63) is 40.3 Å². The molecule has 20 heavy (non-hydrogen) atoms. The van der Waals surface area contributed by atoms with Gasteiger partial charge in [0.15, 0.2) is 0 Å². The van der Waals surface area contributed by atoms with Crippen molar-refractivity contribution in [1.29, 1.82) is 0 Å². The number of hydrogen-bond donors (Lipinski definition) is 0. The highest BCUT2D eigenvalue weighted by Gasteiger charge is 2.24. The molecule has 2 aromatic rings. The third-order valence-corrected chi connectivity index (χ3v) is 4.62. The second-order valence-electron chi connectivity index (χ2n) is 5.32. The third-order valence-electron chi connectivity index (χ3n) is 3.79. The van der Waals surface area contributed by atoms with E-state index in [4.69, 9.17) is 0 Å². The lowest BCUT2D eigenvalue weighted by molar-refractivity contribution is 0.180. The number of anilines is 1. The quantitative estimate of drug-likeness (QED) is 0.869. The van der Waals surface area contributed by atoms with E-state index in [1.165, 1.54) is 5.69 Å². The van der Waals surface area contributed by atoms with Crippen LogP contribution in [0.3, 0.4) is 0 Å². The minimum atomic E-state index is 0.535. The van der Waals surface area contributed by atoms with Crippen molar-refractivity contribution in [1.82, 2.24) is 15.1 Å². The number of aryl methyl sites for hydroxylation is 1. The number of aromatic nitrogens is 2. The molecule has 1 fully saturated rings. The van der Waals surface area contributed by atoms with E-state index in [0.29, 0.717) is 6.04 Å². The van der Waals surface area contributed by atoms with Crippen molar-refractivity contribution in [2.45, 2.75) is 26.4 Å². The van der Waals surface area contributed by atoms with Crippen LogP contribution in [-0.4, -0.2) is 40.8 Å². The lowest BCUT2D eigenvalue weighted by atomic mass is 10.1. The number of benzene rings is 1. The minimum Gasteiger partial charge on any atom is -0.369 e. The van der Waals surface area contributed by atoms with Gasteiger partial charge in [-0.25, -0.2) is 0 Å². The second kappa shape index (κ2) is 5.89. The summed E-state index contributed by atoms with van der Waals surface area (Å²) in [4.78, 5) is 4.96. The van der Waals surface area contributed by atoms with Crippen LogP contribution in [0.2, 0.25) is 0 Å². The topological polar surface area (TPSA) is 32.3 Å². The number of piperazine rings is 1. The highest BCUT2D eigenvalue weighted by atomic mass is 32.1. The molecule has 0 aliphatic carbocycles. The third kappa shape index (κ3) is 2.99. The molecule has 1 saturated heterocycles. The van der Waals surface area contributed by atoms with Crippen LogP contribution in [0.15, 0.2) is 30.3 Å². The number of hydrogen-bond acceptors (Lipinski definition) is 5. The van der Waals surface area contributed by atoms with Crippen LogP contribution in [0.1, 0.15) is 16.9 Å². The van der Waals surface area contributed by atoms with Crippen molar-refractivity contribution < 1.29 is 0 Å². The average molecular weight is 288 g/mol. The summed E-state index contributed by atoms with van der Waals surface area (Å²) in [6, 6.07) is 11.2. The normalized spacial score (nSPS) is 20.3. The first-order chi connectivity index (χ1) is 9.72. The molecule has 0 unspecified atom stereocenters. The largest absolute Gasteiger partial charge is 0.369 e.